The van der Waals surface area contributed by atoms with Gasteiger partial charge in [-0.25, -0.2) is 14.8 Å². The van der Waals surface area contributed by atoms with Crippen molar-refractivity contribution in [3.8, 4) is 0 Å². The lowest BCUT2D eigenvalue weighted by Crippen LogP contribution is -2.07. The fourth-order valence-corrected chi connectivity index (χ4v) is 2.28. The molecule has 2 heterocycles. The second-order valence-corrected chi connectivity index (χ2v) is 4.71. The van der Waals surface area contributed by atoms with Crippen molar-refractivity contribution in [3.05, 3.63) is 65.9 Å². The van der Waals surface area contributed by atoms with Crippen LogP contribution in [-0.2, 0) is 4.74 Å². The molecule has 3 rings (SSSR count). The summed E-state index contributed by atoms with van der Waals surface area (Å²) >= 11 is 0. The highest BCUT2D eigenvalue weighted by Gasteiger charge is 2.18. The summed E-state index contributed by atoms with van der Waals surface area (Å²) in [5.74, 6) is -0.498. The number of hydrogen-bond acceptors (Lipinski definition) is 6. The molecule has 1 N–H and O–H groups in total. The average Bonchev–Trinajstić information content (AvgIpc) is 2.60. The maximum absolute atomic E-state index is 12.0. The predicted octanol–water partition coefficient (Wildman–Crippen LogP) is 1.89. The van der Waals surface area contributed by atoms with Gasteiger partial charge in [0.15, 0.2) is 0 Å². The second-order valence-electron chi connectivity index (χ2n) is 4.71. The molecule has 1 unspecified atom stereocenters. The summed E-state index contributed by atoms with van der Waals surface area (Å²) < 4.78 is 4.80. The van der Waals surface area contributed by atoms with Crippen LogP contribution in [0.4, 0.5) is 0 Å². The van der Waals surface area contributed by atoms with Gasteiger partial charge in [0.2, 0.25) is 0 Å². The molecule has 1 aromatic carbocycles. The van der Waals surface area contributed by atoms with Gasteiger partial charge >= 0.3 is 5.97 Å². The Morgan fingerprint density at radius 3 is 2.73 bits per heavy atom. The molecule has 0 bridgehead atoms. The van der Waals surface area contributed by atoms with E-state index in [4.69, 9.17) is 4.74 Å². The van der Waals surface area contributed by atoms with Gasteiger partial charge < -0.3 is 9.84 Å². The van der Waals surface area contributed by atoms with Crippen LogP contribution >= 0.6 is 0 Å². The molecule has 110 valence electrons. The number of carbonyl (C=O) groups is 1. The summed E-state index contributed by atoms with van der Waals surface area (Å²) in [6.45, 7) is 0. The third-order valence-corrected chi connectivity index (χ3v) is 3.34. The highest BCUT2D eigenvalue weighted by Crippen LogP contribution is 2.27. The molecule has 0 aliphatic carbocycles. The zero-order chi connectivity index (χ0) is 15.5. The molecule has 0 radical (unpaired) electrons. The van der Waals surface area contributed by atoms with E-state index in [0.717, 1.165) is 5.39 Å². The second kappa shape index (κ2) is 5.87. The van der Waals surface area contributed by atoms with Gasteiger partial charge in [-0.3, -0.25) is 4.98 Å². The van der Waals surface area contributed by atoms with Crippen LogP contribution in [0.1, 0.15) is 27.6 Å². The number of ether oxygens (including phenoxy) is 1. The average molecular weight is 295 g/mol. The number of methoxy groups -OCH3 is 1. The predicted molar refractivity (Wildman–Crippen MR) is 79.2 cm³/mol. The van der Waals surface area contributed by atoms with E-state index >= 15 is 0 Å². The molecular weight excluding hydrogens is 282 g/mol. The van der Waals surface area contributed by atoms with Crippen LogP contribution in [0.15, 0.2) is 49.2 Å². The number of aromatic nitrogens is 3. The molecule has 0 aliphatic heterocycles. The molecule has 0 saturated carbocycles. The fourth-order valence-electron chi connectivity index (χ4n) is 2.28. The summed E-state index contributed by atoms with van der Waals surface area (Å²) in [5, 5.41) is 11.2. The summed E-state index contributed by atoms with van der Waals surface area (Å²) in [6.07, 6.45) is 5.12. The third-order valence-electron chi connectivity index (χ3n) is 3.34. The first-order valence-corrected chi connectivity index (χ1v) is 6.60. The van der Waals surface area contributed by atoms with Crippen LogP contribution in [0.2, 0.25) is 0 Å². The first-order chi connectivity index (χ1) is 10.7. The smallest absolute Gasteiger partial charge is 0.340 e. The van der Waals surface area contributed by atoms with Crippen molar-refractivity contribution in [2.45, 2.75) is 6.10 Å². The number of pyridine rings is 1. The molecule has 22 heavy (non-hydrogen) atoms. The van der Waals surface area contributed by atoms with Crippen molar-refractivity contribution >= 4 is 16.9 Å². The lowest BCUT2D eigenvalue weighted by atomic mass is 9.98. The Kier molecular flexibility index (Phi) is 3.76. The molecule has 0 saturated heterocycles. The van der Waals surface area contributed by atoms with E-state index in [1.807, 2.05) is 6.07 Å². The minimum absolute atomic E-state index is 0.312. The van der Waals surface area contributed by atoms with E-state index in [9.17, 15) is 9.90 Å². The lowest BCUT2D eigenvalue weighted by molar-refractivity contribution is 0.0602. The summed E-state index contributed by atoms with van der Waals surface area (Å²) in [5.41, 5.74) is 1.94. The van der Waals surface area contributed by atoms with Gasteiger partial charge in [-0.1, -0.05) is 6.07 Å². The van der Waals surface area contributed by atoms with Gasteiger partial charge in [0.1, 0.15) is 12.4 Å². The van der Waals surface area contributed by atoms with E-state index < -0.39 is 12.1 Å². The summed E-state index contributed by atoms with van der Waals surface area (Å²) in [6, 6.07) is 6.96. The lowest BCUT2D eigenvalue weighted by Gasteiger charge is -2.13. The van der Waals surface area contributed by atoms with Crippen molar-refractivity contribution in [2.24, 2.45) is 0 Å². The van der Waals surface area contributed by atoms with E-state index in [1.165, 1.54) is 25.8 Å². The van der Waals surface area contributed by atoms with E-state index in [1.54, 1.807) is 24.4 Å². The standard InChI is InChI=1S/C16H13N3O3/c1-22-16(21)13-6-11(5-10-3-2-4-19-14(10)13)15(20)12-7-17-9-18-8-12/h2-9,15,20H,1H3. The Labute approximate surface area is 126 Å². The van der Waals surface area contributed by atoms with Crippen LogP contribution in [0.25, 0.3) is 10.9 Å². The number of hydrogen-bond donors (Lipinski definition) is 1. The highest BCUT2D eigenvalue weighted by atomic mass is 16.5. The van der Waals surface area contributed by atoms with Crippen molar-refractivity contribution in [1.29, 1.82) is 0 Å². The molecule has 6 nitrogen and oxygen atoms in total. The van der Waals surface area contributed by atoms with Crippen LogP contribution in [0, 0.1) is 0 Å². The third kappa shape index (κ3) is 2.51. The molecule has 2 aromatic heterocycles. The van der Waals surface area contributed by atoms with E-state index in [2.05, 4.69) is 15.0 Å². The zero-order valence-electron chi connectivity index (χ0n) is 11.8. The van der Waals surface area contributed by atoms with Crippen LogP contribution in [0.3, 0.4) is 0 Å². The summed E-state index contributed by atoms with van der Waals surface area (Å²) in [7, 11) is 1.31. The SMILES string of the molecule is COC(=O)c1cc(C(O)c2cncnc2)cc2cccnc12. The van der Waals surface area contributed by atoms with Crippen molar-refractivity contribution in [3.63, 3.8) is 0 Å². The maximum atomic E-state index is 12.0. The van der Waals surface area contributed by atoms with Gasteiger partial charge in [-0.2, -0.15) is 0 Å². The zero-order valence-corrected chi connectivity index (χ0v) is 11.8. The number of fused-ring (bicyclic) bond motifs is 1. The van der Waals surface area contributed by atoms with Crippen LogP contribution in [-0.4, -0.2) is 33.1 Å². The first kappa shape index (κ1) is 14.1. The quantitative estimate of drug-likeness (QED) is 0.743. The van der Waals surface area contributed by atoms with Crippen molar-refractivity contribution in [2.75, 3.05) is 7.11 Å². The molecule has 0 amide bonds. The number of benzene rings is 1. The Morgan fingerprint density at radius 2 is 2.00 bits per heavy atom. The number of nitrogens with zero attached hydrogens (tertiary/aromatic N) is 3. The monoisotopic (exact) mass is 295 g/mol. The Morgan fingerprint density at radius 1 is 1.23 bits per heavy atom. The number of aliphatic hydroxyl groups excluding tert-OH is 1. The topological polar surface area (TPSA) is 85.2 Å². The van der Waals surface area contributed by atoms with Gasteiger partial charge in [0.25, 0.3) is 0 Å². The highest BCUT2D eigenvalue weighted by molar-refractivity contribution is 6.03. The van der Waals surface area contributed by atoms with Crippen molar-refractivity contribution in [1.82, 2.24) is 15.0 Å². The molecule has 6 heteroatoms. The number of rotatable bonds is 3. The number of aliphatic hydroxyl groups is 1. The van der Waals surface area contributed by atoms with Crippen molar-refractivity contribution < 1.29 is 14.6 Å². The normalized spacial score (nSPS) is 12.1. The molecule has 0 fully saturated rings. The molecule has 1 atom stereocenters. The van der Waals surface area contributed by atoms with Gasteiger partial charge in [0, 0.05) is 29.5 Å². The molecule has 3 aromatic rings. The van der Waals surface area contributed by atoms with E-state index in [-0.39, 0.29) is 0 Å². The minimum atomic E-state index is -0.936. The maximum Gasteiger partial charge on any atom is 0.340 e. The number of carbonyl (C=O) groups excluding carboxylic acids is 1. The van der Waals surface area contributed by atoms with Crippen LogP contribution < -0.4 is 0 Å². The Balaban J connectivity index is 2.17. The molecule has 0 aliphatic rings. The Bertz CT molecular complexity index is 821. The van der Waals surface area contributed by atoms with Crippen LogP contribution in [0.5, 0.6) is 0 Å². The van der Waals surface area contributed by atoms with Gasteiger partial charge in [0.05, 0.1) is 18.2 Å². The molecular formula is C16H13N3O3. The first-order valence-electron chi connectivity index (χ1n) is 6.60. The number of esters is 1. The Hall–Kier alpha value is -2.86. The summed E-state index contributed by atoms with van der Waals surface area (Å²) in [4.78, 5) is 24.0. The van der Waals surface area contributed by atoms with Gasteiger partial charge in [-0.15, -0.1) is 0 Å². The van der Waals surface area contributed by atoms with E-state index in [0.29, 0.717) is 22.2 Å². The molecule has 0 spiro atoms. The fraction of sp³-hybridized carbons (Fsp3) is 0.125. The largest absolute Gasteiger partial charge is 0.465 e. The van der Waals surface area contributed by atoms with Gasteiger partial charge in [-0.05, 0) is 23.8 Å². The minimum Gasteiger partial charge on any atom is -0.465 e.